The van der Waals surface area contributed by atoms with Crippen LogP contribution >= 0.6 is 0 Å². The molecule has 0 saturated carbocycles. The molecule has 0 bridgehead atoms. The number of non-ortho nitro benzene ring substituents is 1. The lowest BCUT2D eigenvalue weighted by atomic mass is 10.2. The number of nitrogens with one attached hydrogen (secondary N) is 2. The molecule has 2 aromatic carbocycles. The van der Waals surface area contributed by atoms with E-state index in [1.807, 2.05) is 0 Å². The van der Waals surface area contributed by atoms with Crippen LogP contribution in [0.2, 0.25) is 0 Å². The fraction of sp³-hybridized carbons (Fsp3) is 0.100. The number of anilines is 1. The second-order valence-corrected chi connectivity index (χ2v) is 5.94. The zero-order valence-corrected chi connectivity index (χ0v) is 15.2. The molecule has 2 amide bonds. The van der Waals surface area contributed by atoms with Crippen LogP contribution < -0.4 is 15.4 Å². The Balaban J connectivity index is 1.42. The third kappa shape index (κ3) is 5.67. The first-order valence-corrected chi connectivity index (χ1v) is 8.59. The lowest BCUT2D eigenvalue weighted by molar-refractivity contribution is -0.384. The molecule has 0 unspecified atom stereocenters. The zero-order valence-electron chi connectivity index (χ0n) is 15.2. The molecule has 0 aliphatic rings. The van der Waals surface area contributed by atoms with Crippen molar-refractivity contribution in [3.8, 4) is 5.75 Å². The molecule has 0 fully saturated rings. The monoisotopic (exact) mass is 395 g/mol. The second-order valence-electron chi connectivity index (χ2n) is 5.94. The molecule has 29 heavy (non-hydrogen) atoms. The molecular weight excluding hydrogens is 378 g/mol. The van der Waals surface area contributed by atoms with Gasteiger partial charge in [-0.15, -0.1) is 0 Å². The lowest BCUT2D eigenvalue weighted by Gasteiger charge is -2.08. The summed E-state index contributed by atoms with van der Waals surface area (Å²) in [5, 5.41) is 16.0. The van der Waals surface area contributed by atoms with Crippen molar-refractivity contribution in [2.75, 3.05) is 11.9 Å². The minimum atomic E-state index is -0.510. The van der Waals surface area contributed by atoms with E-state index >= 15 is 0 Å². The number of furan rings is 1. The number of carbonyl (C=O) groups excluding carboxylic acids is 2. The number of ether oxygens (including phenoxy) is 1. The highest BCUT2D eigenvalue weighted by atomic mass is 16.6. The summed E-state index contributed by atoms with van der Waals surface area (Å²) in [4.78, 5) is 33.9. The van der Waals surface area contributed by atoms with Crippen molar-refractivity contribution in [2.45, 2.75) is 6.54 Å². The van der Waals surface area contributed by atoms with Gasteiger partial charge in [0.2, 0.25) is 0 Å². The summed E-state index contributed by atoms with van der Waals surface area (Å²) in [5.41, 5.74) is 1.39. The SMILES string of the molecule is O=C(COc1ccc([N+](=O)[O-])cc1)NCc1ccc(NC(=O)c2ccco2)cc1. The maximum atomic E-state index is 11.9. The van der Waals surface area contributed by atoms with Crippen molar-refractivity contribution in [2.24, 2.45) is 0 Å². The third-order valence-electron chi connectivity index (χ3n) is 3.86. The topological polar surface area (TPSA) is 124 Å². The Morgan fingerprint density at radius 2 is 1.76 bits per heavy atom. The Kier molecular flexibility index (Phi) is 6.21. The Morgan fingerprint density at radius 3 is 2.38 bits per heavy atom. The van der Waals surface area contributed by atoms with Crippen LogP contribution in [0.5, 0.6) is 5.75 Å². The molecule has 3 rings (SSSR count). The summed E-state index contributed by atoms with van der Waals surface area (Å²) < 4.78 is 10.3. The van der Waals surface area contributed by atoms with Crippen molar-refractivity contribution >= 4 is 23.2 Å². The minimum Gasteiger partial charge on any atom is -0.484 e. The number of amides is 2. The van der Waals surface area contributed by atoms with Gasteiger partial charge in [0.15, 0.2) is 12.4 Å². The van der Waals surface area contributed by atoms with Crippen molar-refractivity contribution in [3.05, 3.63) is 88.4 Å². The summed E-state index contributed by atoms with van der Waals surface area (Å²) in [7, 11) is 0. The summed E-state index contributed by atoms with van der Waals surface area (Å²) in [6.07, 6.45) is 1.42. The summed E-state index contributed by atoms with van der Waals surface area (Å²) in [6, 6.07) is 15.7. The zero-order chi connectivity index (χ0) is 20.6. The fourth-order valence-corrected chi connectivity index (χ4v) is 2.37. The molecule has 2 N–H and O–H groups in total. The average Bonchev–Trinajstić information content (AvgIpc) is 3.27. The molecule has 3 aromatic rings. The molecule has 0 aliphatic carbocycles. The highest BCUT2D eigenvalue weighted by Crippen LogP contribution is 2.17. The van der Waals surface area contributed by atoms with Gasteiger partial charge in [0.25, 0.3) is 17.5 Å². The normalized spacial score (nSPS) is 10.2. The molecular formula is C20H17N3O6. The molecule has 1 aromatic heterocycles. The molecule has 0 radical (unpaired) electrons. The predicted molar refractivity (Wildman–Crippen MR) is 104 cm³/mol. The van der Waals surface area contributed by atoms with Crippen LogP contribution in [0.3, 0.4) is 0 Å². The third-order valence-corrected chi connectivity index (χ3v) is 3.86. The highest BCUT2D eigenvalue weighted by Gasteiger charge is 2.09. The van der Waals surface area contributed by atoms with E-state index in [1.165, 1.54) is 30.5 Å². The first kappa shape index (κ1) is 19.6. The van der Waals surface area contributed by atoms with Crippen LogP contribution in [0.25, 0.3) is 0 Å². The first-order chi connectivity index (χ1) is 14.0. The number of nitro groups is 1. The first-order valence-electron chi connectivity index (χ1n) is 8.59. The van der Waals surface area contributed by atoms with Gasteiger partial charge in [-0.25, -0.2) is 0 Å². The van der Waals surface area contributed by atoms with Gasteiger partial charge in [-0.3, -0.25) is 19.7 Å². The average molecular weight is 395 g/mol. The van der Waals surface area contributed by atoms with Crippen LogP contribution in [0.15, 0.2) is 71.3 Å². The van der Waals surface area contributed by atoms with Gasteiger partial charge in [-0.05, 0) is 42.0 Å². The van der Waals surface area contributed by atoms with E-state index in [-0.39, 0.29) is 36.4 Å². The minimum absolute atomic E-state index is 0.0504. The van der Waals surface area contributed by atoms with Crippen molar-refractivity contribution < 1.29 is 23.7 Å². The number of benzene rings is 2. The van der Waals surface area contributed by atoms with Gasteiger partial charge in [-0.2, -0.15) is 0 Å². The summed E-state index contributed by atoms with van der Waals surface area (Å²) >= 11 is 0. The highest BCUT2D eigenvalue weighted by molar-refractivity contribution is 6.02. The van der Waals surface area contributed by atoms with Crippen LogP contribution in [0, 0.1) is 10.1 Å². The maximum absolute atomic E-state index is 11.9. The van der Waals surface area contributed by atoms with E-state index in [0.29, 0.717) is 11.4 Å². The maximum Gasteiger partial charge on any atom is 0.291 e. The van der Waals surface area contributed by atoms with E-state index < -0.39 is 4.92 Å². The summed E-state index contributed by atoms with van der Waals surface area (Å²) in [5.74, 6) is -0.102. The standard InChI is InChI=1S/C20H17N3O6/c24-19(13-29-17-9-7-16(8-10-17)23(26)27)21-12-14-3-5-15(6-4-14)22-20(25)18-2-1-11-28-18/h1-11H,12-13H2,(H,21,24)(H,22,25). The van der Waals surface area contributed by atoms with Gasteiger partial charge in [-0.1, -0.05) is 12.1 Å². The molecule has 0 spiro atoms. The Bertz CT molecular complexity index is 982. The van der Waals surface area contributed by atoms with Crippen molar-refractivity contribution in [3.63, 3.8) is 0 Å². The lowest BCUT2D eigenvalue weighted by Crippen LogP contribution is -2.28. The molecule has 1 heterocycles. The number of rotatable bonds is 8. The van der Waals surface area contributed by atoms with Gasteiger partial charge >= 0.3 is 0 Å². The van der Waals surface area contributed by atoms with E-state index in [9.17, 15) is 19.7 Å². The van der Waals surface area contributed by atoms with E-state index in [0.717, 1.165) is 5.56 Å². The van der Waals surface area contributed by atoms with Crippen molar-refractivity contribution in [1.29, 1.82) is 0 Å². The van der Waals surface area contributed by atoms with E-state index in [4.69, 9.17) is 9.15 Å². The number of nitro benzene ring substituents is 1. The quantitative estimate of drug-likeness (QED) is 0.446. The van der Waals surface area contributed by atoms with Crippen LogP contribution in [-0.2, 0) is 11.3 Å². The number of hydrogen-bond acceptors (Lipinski definition) is 6. The second kappa shape index (κ2) is 9.18. The molecule has 9 nitrogen and oxygen atoms in total. The predicted octanol–water partition coefficient (Wildman–Crippen LogP) is 3.14. The Morgan fingerprint density at radius 1 is 1.03 bits per heavy atom. The molecule has 9 heteroatoms. The largest absolute Gasteiger partial charge is 0.484 e. The van der Waals surface area contributed by atoms with Gasteiger partial charge in [0.1, 0.15) is 5.75 Å². The van der Waals surface area contributed by atoms with Crippen molar-refractivity contribution in [1.82, 2.24) is 5.32 Å². The Hall–Kier alpha value is -4.14. The van der Waals surface area contributed by atoms with E-state index in [1.54, 1.807) is 36.4 Å². The molecule has 0 aliphatic heterocycles. The van der Waals surface area contributed by atoms with E-state index in [2.05, 4.69) is 10.6 Å². The van der Waals surface area contributed by atoms with Gasteiger partial charge < -0.3 is 19.8 Å². The number of hydrogen-bond donors (Lipinski definition) is 2. The number of carbonyl (C=O) groups is 2. The van der Waals surface area contributed by atoms with Crippen LogP contribution in [0.4, 0.5) is 11.4 Å². The molecule has 0 atom stereocenters. The summed E-state index contributed by atoms with van der Waals surface area (Å²) in [6.45, 7) is 0.0734. The Labute approximate surface area is 165 Å². The van der Waals surface area contributed by atoms with Gasteiger partial charge in [0.05, 0.1) is 11.2 Å². The van der Waals surface area contributed by atoms with Crippen LogP contribution in [-0.4, -0.2) is 23.3 Å². The smallest absolute Gasteiger partial charge is 0.291 e. The number of nitrogens with zero attached hydrogens (tertiary/aromatic N) is 1. The molecule has 148 valence electrons. The van der Waals surface area contributed by atoms with Crippen LogP contribution in [0.1, 0.15) is 16.1 Å². The van der Waals surface area contributed by atoms with Gasteiger partial charge in [0, 0.05) is 24.4 Å². The fourth-order valence-electron chi connectivity index (χ4n) is 2.37. The molecule has 0 saturated heterocycles.